The van der Waals surface area contributed by atoms with Gasteiger partial charge in [0, 0.05) is 43.2 Å². The van der Waals surface area contributed by atoms with Crippen molar-refractivity contribution in [2.45, 2.75) is 25.3 Å². The van der Waals surface area contributed by atoms with Crippen molar-refractivity contribution in [3.8, 4) is 0 Å². The second-order valence-corrected chi connectivity index (χ2v) is 7.29. The molecule has 1 unspecified atom stereocenters. The fraction of sp³-hybridized carbons (Fsp3) is 0.333. The van der Waals surface area contributed by atoms with Crippen molar-refractivity contribution in [2.24, 2.45) is 0 Å². The Hall–Kier alpha value is -2.60. The molecule has 3 amide bonds. The highest BCUT2D eigenvalue weighted by Crippen LogP contribution is 2.27. The number of halogens is 2. The number of carbonyl (C=O) groups is 2. The van der Waals surface area contributed by atoms with E-state index >= 15 is 0 Å². The van der Waals surface area contributed by atoms with Gasteiger partial charge in [-0.15, -0.1) is 0 Å². The summed E-state index contributed by atoms with van der Waals surface area (Å²) in [6.45, 7) is 1.60. The molecular formula is C21H23ClFN3O2. The molecule has 0 bridgehead atoms. The molecule has 2 N–H and O–H groups in total. The van der Waals surface area contributed by atoms with Gasteiger partial charge in [-0.1, -0.05) is 29.8 Å². The molecule has 0 radical (unpaired) electrons. The van der Waals surface area contributed by atoms with Crippen molar-refractivity contribution in [3.63, 3.8) is 0 Å². The van der Waals surface area contributed by atoms with Crippen LogP contribution >= 0.6 is 11.6 Å². The standard InChI is InChI=1S/C21H23ClFN3O2/c1-24-21(28)26-9-3-6-17(13-26)14-4-2-5-15(10-14)20(27)25-12-16-7-8-18(23)11-19(16)22/h2,4-5,7-8,10-11,17H,3,6,9,12-13H2,1H3,(H,24,28)(H,25,27). The molecule has 5 nitrogen and oxygen atoms in total. The zero-order valence-corrected chi connectivity index (χ0v) is 16.4. The number of amides is 3. The number of benzene rings is 2. The number of likely N-dealkylation sites (tertiary alicyclic amines) is 1. The van der Waals surface area contributed by atoms with Gasteiger partial charge < -0.3 is 15.5 Å². The molecule has 0 spiro atoms. The van der Waals surface area contributed by atoms with Gasteiger partial charge in [0.2, 0.25) is 0 Å². The van der Waals surface area contributed by atoms with Gasteiger partial charge >= 0.3 is 6.03 Å². The van der Waals surface area contributed by atoms with Gasteiger partial charge in [0.25, 0.3) is 5.91 Å². The third kappa shape index (κ3) is 4.81. The number of carbonyl (C=O) groups excluding carboxylic acids is 2. The number of nitrogens with zero attached hydrogens (tertiary/aromatic N) is 1. The predicted molar refractivity (Wildman–Crippen MR) is 107 cm³/mol. The van der Waals surface area contributed by atoms with E-state index in [1.54, 1.807) is 24.1 Å². The normalized spacial score (nSPS) is 16.5. The first kappa shape index (κ1) is 20.1. The van der Waals surface area contributed by atoms with Gasteiger partial charge in [0.05, 0.1) is 0 Å². The molecule has 1 atom stereocenters. The Kier molecular flexibility index (Phi) is 6.52. The van der Waals surface area contributed by atoms with Crippen LogP contribution in [0.3, 0.4) is 0 Å². The lowest BCUT2D eigenvalue weighted by Gasteiger charge is -2.32. The number of piperidine rings is 1. The Morgan fingerprint density at radius 2 is 2.07 bits per heavy atom. The van der Waals surface area contributed by atoms with Crippen LogP contribution in [0.1, 0.15) is 40.2 Å². The third-order valence-electron chi connectivity index (χ3n) is 5.00. The van der Waals surface area contributed by atoms with E-state index in [1.165, 1.54) is 12.1 Å². The zero-order chi connectivity index (χ0) is 20.1. The highest BCUT2D eigenvalue weighted by atomic mass is 35.5. The second kappa shape index (κ2) is 9.06. The first-order valence-electron chi connectivity index (χ1n) is 9.26. The Morgan fingerprint density at radius 3 is 2.82 bits per heavy atom. The van der Waals surface area contributed by atoms with Crippen molar-refractivity contribution < 1.29 is 14.0 Å². The molecule has 148 valence electrons. The Labute approximate surface area is 168 Å². The van der Waals surface area contributed by atoms with Crippen LogP contribution in [0.15, 0.2) is 42.5 Å². The number of nitrogens with one attached hydrogen (secondary N) is 2. The lowest BCUT2D eigenvalue weighted by atomic mass is 9.89. The summed E-state index contributed by atoms with van der Waals surface area (Å²) >= 11 is 6.01. The minimum Gasteiger partial charge on any atom is -0.348 e. The third-order valence-corrected chi connectivity index (χ3v) is 5.35. The Balaban J connectivity index is 1.66. The maximum atomic E-state index is 13.1. The van der Waals surface area contributed by atoms with Gasteiger partial charge in [-0.25, -0.2) is 9.18 Å². The van der Waals surface area contributed by atoms with E-state index in [0.717, 1.165) is 24.9 Å². The lowest BCUT2D eigenvalue weighted by molar-refractivity contribution is 0.0950. The summed E-state index contributed by atoms with van der Waals surface area (Å²) in [6.07, 6.45) is 1.90. The topological polar surface area (TPSA) is 61.4 Å². The van der Waals surface area contributed by atoms with Crippen LogP contribution < -0.4 is 10.6 Å². The number of hydrogen-bond donors (Lipinski definition) is 2. The van der Waals surface area contributed by atoms with Gasteiger partial charge in [-0.2, -0.15) is 0 Å². The summed E-state index contributed by atoms with van der Waals surface area (Å²) in [6, 6.07) is 11.5. The van der Waals surface area contributed by atoms with Crippen LogP contribution in [-0.4, -0.2) is 37.0 Å². The van der Waals surface area contributed by atoms with Crippen molar-refractivity contribution in [2.75, 3.05) is 20.1 Å². The summed E-state index contributed by atoms with van der Waals surface area (Å²) in [5, 5.41) is 5.77. The number of urea groups is 1. The van der Waals surface area contributed by atoms with Crippen molar-refractivity contribution in [1.29, 1.82) is 0 Å². The van der Waals surface area contributed by atoms with E-state index < -0.39 is 5.82 Å². The lowest BCUT2D eigenvalue weighted by Crippen LogP contribution is -2.43. The second-order valence-electron chi connectivity index (χ2n) is 6.88. The van der Waals surface area contributed by atoms with Crippen molar-refractivity contribution >= 4 is 23.5 Å². The highest BCUT2D eigenvalue weighted by molar-refractivity contribution is 6.31. The van der Waals surface area contributed by atoms with E-state index in [-0.39, 0.29) is 29.4 Å². The smallest absolute Gasteiger partial charge is 0.317 e. The monoisotopic (exact) mass is 403 g/mol. The molecule has 1 saturated heterocycles. The molecule has 2 aromatic carbocycles. The summed E-state index contributed by atoms with van der Waals surface area (Å²) in [5.41, 5.74) is 2.25. The molecule has 0 aliphatic carbocycles. The average molecular weight is 404 g/mol. The first-order chi connectivity index (χ1) is 13.5. The molecule has 0 aromatic heterocycles. The first-order valence-corrected chi connectivity index (χ1v) is 9.64. The van der Waals surface area contributed by atoms with E-state index in [9.17, 15) is 14.0 Å². The van der Waals surface area contributed by atoms with Gasteiger partial charge in [-0.05, 0) is 48.2 Å². The van der Waals surface area contributed by atoms with E-state index in [2.05, 4.69) is 10.6 Å². The molecular weight excluding hydrogens is 381 g/mol. The van der Waals surface area contributed by atoms with E-state index in [0.29, 0.717) is 17.7 Å². The fourth-order valence-corrected chi connectivity index (χ4v) is 3.70. The van der Waals surface area contributed by atoms with E-state index in [4.69, 9.17) is 11.6 Å². The molecule has 3 rings (SSSR count). The van der Waals surface area contributed by atoms with Crippen LogP contribution in [0, 0.1) is 5.82 Å². The highest BCUT2D eigenvalue weighted by Gasteiger charge is 2.24. The maximum absolute atomic E-state index is 13.1. The molecule has 0 saturated carbocycles. The maximum Gasteiger partial charge on any atom is 0.317 e. The van der Waals surface area contributed by atoms with Gasteiger partial charge in [0.15, 0.2) is 0 Å². The van der Waals surface area contributed by atoms with Crippen LogP contribution in [0.25, 0.3) is 0 Å². The van der Waals surface area contributed by atoms with E-state index in [1.807, 2.05) is 18.2 Å². The molecule has 1 heterocycles. The van der Waals surface area contributed by atoms with Crippen molar-refractivity contribution in [3.05, 3.63) is 70.0 Å². The average Bonchev–Trinajstić information content (AvgIpc) is 2.72. The summed E-state index contributed by atoms with van der Waals surface area (Å²) < 4.78 is 13.1. The fourth-order valence-electron chi connectivity index (χ4n) is 3.47. The Morgan fingerprint density at radius 1 is 1.25 bits per heavy atom. The van der Waals surface area contributed by atoms with Crippen LogP contribution in [0.4, 0.5) is 9.18 Å². The summed E-state index contributed by atoms with van der Waals surface area (Å²) in [7, 11) is 1.63. The summed E-state index contributed by atoms with van der Waals surface area (Å²) in [5.74, 6) is -0.433. The largest absolute Gasteiger partial charge is 0.348 e. The van der Waals surface area contributed by atoms with Crippen LogP contribution in [-0.2, 0) is 6.54 Å². The molecule has 1 aliphatic heterocycles. The minimum absolute atomic E-state index is 0.0743. The molecule has 1 fully saturated rings. The SMILES string of the molecule is CNC(=O)N1CCCC(c2cccc(C(=O)NCc3ccc(F)cc3Cl)c2)C1. The van der Waals surface area contributed by atoms with Crippen LogP contribution in [0.2, 0.25) is 5.02 Å². The molecule has 28 heavy (non-hydrogen) atoms. The summed E-state index contributed by atoms with van der Waals surface area (Å²) in [4.78, 5) is 26.3. The quantitative estimate of drug-likeness (QED) is 0.812. The zero-order valence-electron chi connectivity index (χ0n) is 15.7. The molecule has 7 heteroatoms. The predicted octanol–water partition coefficient (Wildman–Crippen LogP) is 3.93. The van der Waals surface area contributed by atoms with Crippen molar-refractivity contribution in [1.82, 2.24) is 15.5 Å². The minimum atomic E-state index is -0.411. The number of hydrogen-bond acceptors (Lipinski definition) is 2. The molecule has 1 aliphatic rings. The molecule has 2 aromatic rings. The number of rotatable bonds is 4. The van der Waals surface area contributed by atoms with Gasteiger partial charge in [-0.3, -0.25) is 4.79 Å². The van der Waals surface area contributed by atoms with Gasteiger partial charge in [0.1, 0.15) is 5.82 Å². The van der Waals surface area contributed by atoms with Crippen LogP contribution in [0.5, 0.6) is 0 Å². The Bertz CT molecular complexity index is 874.